The Kier molecular flexibility index (Phi) is 6.71. The third kappa shape index (κ3) is 5.92. The zero-order chi connectivity index (χ0) is 23.7. The highest BCUT2D eigenvalue weighted by Gasteiger charge is 2.38. The van der Waals surface area contributed by atoms with Crippen molar-refractivity contribution < 1.29 is 32.3 Å². The molecule has 1 unspecified atom stereocenters. The predicted molar refractivity (Wildman–Crippen MR) is 111 cm³/mol. The molecule has 3 amide bonds. The van der Waals surface area contributed by atoms with Crippen molar-refractivity contribution in [3.8, 4) is 0 Å². The number of nitrogens with zero attached hydrogens (tertiary/aromatic N) is 2. The molecule has 1 aromatic carbocycles. The molecule has 2 aliphatic rings. The zero-order valence-corrected chi connectivity index (χ0v) is 18.4. The molecule has 1 N–H and O–H groups in total. The van der Waals surface area contributed by atoms with Crippen LogP contribution in [-0.2, 0) is 20.5 Å². The number of hydrogen-bond acceptors (Lipinski definition) is 4. The van der Waals surface area contributed by atoms with Crippen LogP contribution in [0.15, 0.2) is 24.3 Å². The van der Waals surface area contributed by atoms with Crippen LogP contribution in [0.2, 0.25) is 0 Å². The lowest BCUT2D eigenvalue weighted by Crippen LogP contribution is -2.49. The number of likely N-dealkylation sites (tertiary alicyclic amines) is 1. The van der Waals surface area contributed by atoms with Gasteiger partial charge in [-0.05, 0) is 51.8 Å². The Morgan fingerprint density at radius 2 is 1.78 bits per heavy atom. The summed E-state index contributed by atoms with van der Waals surface area (Å²) < 4.78 is 44.3. The van der Waals surface area contributed by atoms with Crippen LogP contribution in [0.1, 0.15) is 45.6 Å². The minimum absolute atomic E-state index is 0.0305. The molecule has 1 aromatic rings. The van der Waals surface area contributed by atoms with Gasteiger partial charge in [-0.25, -0.2) is 4.79 Å². The van der Waals surface area contributed by atoms with E-state index in [0.29, 0.717) is 25.9 Å². The summed E-state index contributed by atoms with van der Waals surface area (Å²) in [6, 6.07) is 4.40. The van der Waals surface area contributed by atoms with Gasteiger partial charge in [-0.3, -0.25) is 9.59 Å². The fourth-order valence-corrected chi connectivity index (χ4v) is 3.83. The number of piperidine rings is 1. The molecule has 0 spiro atoms. The van der Waals surface area contributed by atoms with Gasteiger partial charge in [-0.1, -0.05) is 6.07 Å². The number of alkyl halides is 3. The second-order valence-electron chi connectivity index (χ2n) is 9.20. The maximum atomic E-state index is 13.0. The minimum Gasteiger partial charge on any atom is -0.444 e. The second-order valence-corrected chi connectivity index (χ2v) is 9.20. The molecular formula is C22H28F3N3O4. The third-order valence-corrected chi connectivity index (χ3v) is 5.47. The van der Waals surface area contributed by atoms with Crippen LogP contribution in [0.25, 0.3) is 0 Å². The number of rotatable bonds is 3. The summed E-state index contributed by atoms with van der Waals surface area (Å²) in [7, 11) is 0. The van der Waals surface area contributed by atoms with Crippen molar-refractivity contribution in [3.05, 3.63) is 29.8 Å². The molecule has 0 bridgehead atoms. The quantitative estimate of drug-likeness (QED) is 0.756. The van der Waals surface area contributed by atoms with Gasteiger partial charge in [-0.15, -0.1) is 0 Å². The monoisotopic (exact) mass is 455 g/mol. The zero-order valence-electron chi connectivity index (χ0n) is 18.4. The summed E-state index contributed by atoms with van der Waals surface area (Å²) in [5, 5.41) is 2.92. The van der Waals surface area contributed by atoms with E-state index in [4.69, 9.17) is 4.74 Å². The van der Waals surface area contributed by atoms with Crippen LogP contribution in [0.5, 0.6) is 0 Å². The first-order chi connectivity index (χ1) is 14.8. The number of ether oxygens (including phenoxy) is 1. The SMILES string of the molecule is CC(C)(C)OC(=O)N1CCC(NC(=O)C2CC(=O)N(c3cccc(C(F)(F)F)c3)C2)CC1. The minimum atomic E-state index is -4.51. The van der Waals surface area contributed by atoms with Gasteiger partial charge in [0.1, 0.15) is 5.60 Å². The molecule has 7 nitrogen and oxygen atoms in total. The molecule has 10 heteroatoms. The summed E-state index contributed by atoms with van der Waals surface area (Å²) in [6.07, 6.45) is -3.84. The number of carbonyl (C=O) groups excluding carboxylic acids is 3. The normalized spacial score (nSPS) is 20.4. The van der Waals surface area contributed by atoms with Crippen LogP contribution in [0.3, 0.4) is 0 Å². The van der Waals surface area contributed by atoms with E-state index in [-0.39, 0.29) is 42.6 Å². The van der Waals surface area contributed by atoms with E-state index >= 15 is 0 Å². The third-order valence-electron chi connectivity index (χ3n) is 5.47. The maximum Gasteiger partial charge on any atom is 0.416 e. The Balaban J connectivity index is 1.53. The number of nitrogens with one attached hydrogen (secondary N) is 1. The molecule has 2 saturated heterocycles. The van der Waals surface area contributed by atoms with Crippen LogP contribution < -0.4 is 10.2 Å². The number of carbonyl (C=O) groups is 3. The molecule has 0 aromatic heterocycles. The molecule has 32 heavy (non-hydrogen) atoms. The van der Waals surface area contributed by atoms with Crippen molar-refractivity contribution in [1.82, 2.24) is 10.2 Å². The van der Waals surface area contributed by atoms with Gasteiger partial charge in [0.15, 0.2) is 0 Å². The molecule has 0 radical (unpaired) electrons. The summed E-state index contributed by atoms with van der Waals surface area (Å²) in [5.41, 5.74) is -1.29. The number of amides is 3. The van der Waals surface area contributed by atoms with Gasteiger partial charge in [0.05, 0.1) is 11.5 Å². The number of halogens is 3. The average Bonchev–Trinajstić information content (AvgIpc) is 3.08. The second kappa shape index (κ2) is 8.99. The van der Waals surface area contributed by atoms with E-state index in [1.807, 2.05) is 0 Å². The Hall–Kier alpha value is -2.78. The molecule has 2 fully saturated rings. The van der Waals surface area contributed by atoms with Crippen LogP contribution in [0, 0.1) is 5.92 Å². The first-order valence-corrected chi connectivity index (χ1v) is 10.6. The highest BCUT2D eigenvalue weighted by molar-refractivity contribution is 6.00. The summed E-state index contributed by atoms with van der Waals surface area (Å²) in [5.74, 6) is -1.33. The molecule has 1 atom stereocenters. The van der Waals surface area contributed by atoms with Gasteiger partial charge in [-0.2, -0.15) is 13.2 Å². The molecule has 0 saturated carbocycles. The molecular weight excluding hydrogens is 427 g/mol. The largest absolute Gasteiger partial charge is 0.444 e. The van der Waals surface area contributed by atoms with Crippen molar-refractivity contribution in [3.63, 3.8) is 0 Å². The van der Waals surface area contributed by atoms with Crippen molar-refractivity contribution in [1.29, 1.82) is 0 Å². The summed E-state index contributed by atoms with van der Waals surface area (Å²) in [4.78, 5) is 40.0. The maximum absolute atomic E-state index is 13.0. The van der Waals surface area contributed by atoms with E-state index in [9.17, 15) is 27.6 Å². The topological polar surface area (TPSA) is 79.0 Å². The van der Waals surface area contributed by atoms with E-state index in [1.165, 1.54) is 17.0 Å². The van der Waals surface area contributed by atoms with Gasteiger partial charge in [0.25, 0.3) is 0 Å². The smallest absolute Gasteiger partial charge is 0.416 e. The average molecular weight is 455 g/mol. The number of hydrogen-bond donors (Lipinski definition) is 1. The van der Waals surface area contributed by atoms with Crippen molar-refractivity contribution in [2.24, 2.45) is 5.92 Å². The van der Waals surface area contributed by atoms with Crippen molar-refractivity contribution in [2.75, 3.05) is 24.5 Å². The number of benzene rings is 1. The van der Waals surface area contributed by atoms with Crippen molar-refractivity contribution in [2.45, 2.75) is 57.9 Å². The Labute approximate surface area is 184 Å². The van der Waals surface area contributed by atoms with Crippen LogP contribution in [-0.4, -0.2) is 54.1 Å². The highest BCUT2D eigenvalue weighted by Crippen LogP contribution is 2.33. The van der Waals surface area contributed by atoms with E-state index in [2.05, 4.69) is 5.32 Å². The van der Waals surface area contributed by atoms with E-state index in [0.717, 1.165) is 12.1 Å². The molecule has 2 aliphatic heterocycles. The summed E-state index contributed by atoms with van der Waals surface area (Å²) >= 11 is 0. The fourth-order valence-electron chi connectivity index (χ4n) is 3.83. The number of anilines is 1. The van der Waals surface area contributed by atoms with Gasteiger partial charge in [0, 0.05) is 37.8 Å². The van der Waals surface area contributed by atoms with Gasteiger partial charge < -0.3 is 19.9 Å². The van der Waals surface area contributed by atoms with Crippen molar-refractivity contribution >= 4 is 23.6 Å². The first-order valence-electron chi connectivity index (χ1n) is 10.6. The first kappa shape index (κ1) is 23.9. The Morgan fingerprint density at radius 3 is 2.38 bits per heavy atom. The molecule has 0 aliphatic carbocycles. The lowest BCUT2D eigenvalue weighted by molar-refractivity contribution is -0.137. The Morgan fingerprint density at radius 1 is 1.12 bits per heavy atom. The van der Waals surface area contributed by atoms with Crippen LogP contribution >= 0.6 is 0 Å². The lowest BCUT2D eigenvalue weighted by Gasteiger charge is -2.34. The highest BCUT2D eigenvalue weighted by atomic mass is 19.4. The standard InChI is InChI=1S/C22H28F3N3O4/c1-21(2,3)32-20(31)27-9-7-16(8-10-27)26-19(30)14-11-18(29)28(13-14)17-6-4-5-15(12-17)22(23,24)25/h4-6,12,14,16H,7-11,13H2,1-3H3,(H,26,30). The van der Waals surface area contributed by atoms with E-state index < -0.39 is 23.3 Å². The van der Waals surface area contributed by atoms with Gasteiger partial charge in [0.2, 0.25) is 11.8 Å². The fraction of sp³-hybridized carbons (Fsp3) is 0.591. The van der Waals surface area contributed by atoms with E-state index in [1.54, 1.807) is 25.7 Å². The molecule has 3 rings (SSSR count). The lowest BCUT2D eigenvalue weighted by atomic mass is 10.0. The Bertz CT molecular complexity index is 874. The van der Waals surface area contributed by atoms with Gasteiger partial charge >= 0.3 is 12.3 Å². The summed E-state index contributed by atoms with van der Waals surface area (Å²) in [6.45, 7) is 6.30. The van der Waals surface area contributed by atoms with Crippen LogP contribution in [0.4, 0.5) is 23.7 Å². The predicted octanol–water partition coefficient (Wildman–Crippen LogP) is 3.57. The molecule has 2 heterocycles. The molecule has 176 valence electrons.